The Morgan fingerprint density at radius 1 is 1.54 bits per heavy atom. The Hall–Kier alpha value is -1.56. The number of aromatic nitrogens is 3. The predicted octanol–water partition coefficient (Wildman–Crippen LogP) is 1.77. The maximum Gasteiger partial charge on any atom is 0.245 e. The van der Waals surface area contributed by atoms with E-state index in [1.165, 1.54) is 11.3 Å². The number of H-pyrrole nitrogens is 1. The van der Waals surface area contributed by atoms with E-state index in [4.69, 9.17) is 12.2 Å². The number of piperidine rings is 1. The van der Waals surface area contributed by atoms with Gasteiger partial charge in [0.1, 0.15) is 6.04 Å². The van der Waals surface area contributed by atoms with Crippen LogP contribution in [0.2, 0.25) is 0 Å². The number of hydrogen-bond donors (Lipinski definition) is 2. The highest BCUT2D eigenvalue weighted by molar-refractivity contribution is 7.88. The highest BCUT2D eigenvalue weighted by Gasteiger charge is 2.30. The minimum absolute atomic E-state index is 0.0969. The molecule has 0 saturated carbocycles. The van der Waals surface area contributed by atoms with E-state index < -0.39 is 16.1 Å². The van der Waals surface area contributed by atoms with Crippen molar-refractivity contribution in [2.75, 3.05) is 19.3 Å². The lowest BCUT2D eigenvalue weighted by Crippen LogP contribution is -2.50. The number of likely N-dealkylation sites (tertiary alicyclic amines) is 1. The van der Waals surface area contributed by atoms with Crippen molar-refractivity contribution >= 4 is 39.5 Å². The molecule has 0 bridgehead atoms. The normalized spacial score (nSPS) is 19.5. The Morgan fingerprint density at radius 2 is 2.31 bits per heavy atom. The summed E-state index contributed by atoms with van der Waals surface area (Å²) in [6, 6.07) is 3.05. The van der Waals surface area contributed by atoms with Crippen molar-refractivity contribution in [3.63, 3.8) is 0 Å². The fraction of sp³-hybridized carbons (Fsp3) is 0.533. The van der Waals surface area contributed by atoms with E-state index >= 15 is 0 Å². The molecule has 1 fully saturated rings. The van der Waals surface area contributed by atoms with Gasteiger partial charge in [-0.05, 0) is 43.4 Å². The maximum absolute atomic E-state index is 13.0. The first-order valence-electron chi connectivity index (χ1n) is 8.23. The predicted molar refractivity (Wildman–Crippen MR) is 103 cm³/mol. The van der Waals surface area contributed by atoms with Crippen LogP contribution in [0.5, 0.6) is 0 Å². The van der Waals surface area contributed by atoms with Gasteiger partial charge in [-0.3, -0.25) is 14.5 Å². The minimum Gasteiger partial charge on any atom is -0.339 e. The fourth-order valence-electron chi connectivity index (χ4n) is 3.19. The van der Waals surface area contributed by atoms with Crippen molar-refractivity contribution in [1.29, 1.82) is 0 Å². The largest absolute Gasteiger partial charge is 0.339 e. The van der Waals surface area contributed by atoms with Gasteiger partial charge in [-0.2, -0.15) is 5.10 Å². The SMILES string of the molecule is CC(C(=O)N1CCCC(NS(C)(=O)=O)C1)n1c(-c2cccs2)n[nH]c1=S. The third kappa shape index (κ3) is 4.22. The summed E-state index contributed by atoms with van der Waals surface area (Å²) in [6.45, 7) is 2.75. The lowest BCUT2D eigenvalue weighted by molar-refractivity contribution is -0.135. The van der Waals surface area contributed by atoms with Gasteiger partial charge in [0.05, 0.1) is 11.1 Å². The van der Waals surface area contributed by atoms with E-state index in [-0.39, 0.29) is 11.9 Å². The lowest BCUT2D eigenvalue weighted by Gasteiger charge is -2.34. The quantitative estimate of drug-likeness (QED) is 0.725. The average Bonchev–Trinajstić information content (AvgIpc) is 3.21. The van der Waals surface area contributed by atoms with E-state index in [0.717, 1.165) is 24.0 Å². The van der Waals surface area contributed by atoms with Gasteiger partial charge in [0.25, 0.3) is 0 Å². The number of carbonyl (C=O) groups is 1. The second kappa shape index (κ2) is 7.59. The molecule has 3 rings (SSSR count). The summed E-state index contributed by atoms with van der Waals surface area (Å²) in [5.41, 5.74) is 0. The third-order valence-electron chi connectivity index (χ3n) is 4.30. The van der Waals surface area contributed by atoms with Crippen LogP contribution in [0.1, 0.15) is 25.8 Å². The van der Waals surface area contributed by atoms with Gasteiger partial charge in [0.15, 0.2) is 10.6 Å². The van der Waals surface area contributed by atoms with E-state index in [2.05, 4.69) is 14.9 Å². The van der Waals surface area contributed by atoms with Crippen molar-refractivity contribution in [3.05, 3.63) is 22.3 Å². The Kier molecular flexibility index (Phi) is 5.61. The van der Waals surface area contributed by atoms with Crippen LogP contribution in [0.3, 0.4) is 0 Å². The Labute approximate surface area is 161 Å². The third-order valence-corrected chi connectivity index (χ3v) is 6.22. The number of amides is 1. The van der Waals surface area contributed by atoms with Crippen LogP contribution in [0.15, 0.2) is 17.5 Å². The second-order valence-electron chi connectivity index (χ2n) is 6.39. The number of carbonyl (C=O) groups excluding carboxylic acids is 1. The van der Waals surface area contributed by atoms with Crippen LogP contribution in [0.25, 0.3) is 10.7 Å². The van der Waals surface area contributed by atoms with Gasteiger partial charge in [-0.25, -0.2) is 13.1 Å². The van der Waals surface area contributed by atoms with E-state index in [9.17, 15) is 13.2 Å². The van der Waals surface area contributed by atoms with Crippen LogP contribution < -0.4 is 4.72 Å². The van der Waals surface area contributed by atoms with Crippen molar-refractivity contribution in [3.8, 4) is 10.7 Å². The van der Waals surface area contributed by atoms with Crippen molar-refractivity contribution in [2.45, 2.75) is 31.8 Å². The van der Waals surface area contributed by atoms with Gasteiger partial charge in [-0.15, -0.1) is 11.3 Å². The Morgan fingerprint density at radius 3 is 2.96 bits per heavy atom. The molecule has 2 unspecified atom stereocenters. The summed E-state index contributed by atoms with van der Waals surface area (Å²) in [6.07, 6.45) is 2.60. The molecular formula is C15H21N5O3S3. The molecule has 0 spiro atoms. The number of hydrogen-bond acceptors (Lipinski definition) is 6. The molecule has 0 aliphatic carbocycles. The first kappa shape index (κ1) is 19.2. The molecule has 2 atom stereocenters. The summed E-state index contributed by atoms with van der Waals surface area (Å²) >= 11 is 6.85. The zero-order valence-electron chi connectivity index (χ0n) is 14.5. The molecule has 2 N–H and O–H groups in total. The molecule has 1 aliphatic rings. The highest BCUT2D eigenvalue weighted by Crippen LogP contribution is 2.26. The van der Waals surface area contributed by atoms with Crippen molar-refractivity contribution in [1.82, 2.24) is 24.4 Å². The molecule has 0 aromatic carbocycles. The molecule has 3 heterocycles. The Bertz CT molecular complexity index is 932. The van der Waals surface area contributed by atoms with Gasteiger partial charge >= 0.3 is 0 Å². The molecular weight excluding hydrogens is 394 g/mol. The molecule has 1 saturated heterocycles. The number of aromatic amines is 1. The molecule has 142 valence electrons. The standard InChI is InChI=1S/C15H21N5O3S3/c1-10(20-13(16-17-15(20)24)12-6-4-8-25-12)14(21)19-7-3-5-11(9-19)18-26(2,22)23/h4,6,8,10-11,18H,3,5,7,9H2,1-2H3,(H,17,24). The topological polar surface area (TPSA) is 100 Å². The molecule has 2 aromatic heterocycles. The molecule has 1 aliphatic heterocycles. The van der Waals surface area contributed by atoms with Crippen molar-refractivity contribution in [2.24, 2.45) is 0 Å². The summed E-state index contributed by atoms with van der Waals surface area (Å²) in [5, 5.41) is 8.97. The minimum atomic E-state index is -3.30. The first-order valence-corrected chi connectivity index (χ1v) is 11.4. The monoisotopic (exact) mass is 415 g/mol. The van der Waals surface area contributed by atoms with Gasteiger partial charge < -0.3 is 4.90 Å². The maximum atomic E-state index is 13.0. The van der Waals surface area contributed by atoms with E-state index in [0.29, 0.717) is 23.7 Å². The first-order chi connectivity index (χ1) is 12.3. The van der Waals surface area contributed by atoms with Gasteiger partial charge in [0.2, 0.25) is 15.9 Å². The van der Waals surface area contributed by atoms with Crippen LogP contribution in [0.4, 0.5) is 0 Å². The summed E-state index contributed by atoms with van der Waals surface area (Å²) in [7, 11) is -3.30. The number of nitrogens with zero attached hydrogens (tertiary/aromatic N) is 3. The average molecular weight is 416 g/mol. The summed E-state index contributed by atoms with van der Waals surface area (Å²) < 4.78 is 27.6. The number of nitrogens with one attached hydrogen (secondary N) is 2. The summed E-state index contributed by atoms with van der Waals surface area (Å²) in [4.78, 5) is 15.6. The second-order valence-corrected chi connectivity index (χ2v) is 9.50. The van der Waals surface area contributed by atoms with E-state index in [1.807, 2.05) is 17.5 Å². The van der Waals surface area contributed by atoms with Crippen LogP contribution >= 0.6 is 23.6 Å². The zero-order chi connectivity index (χ0) is 18.9. The number of rotatable bonds is 5. The number of thiophene rings is 1. The van der Waals surface area contributed by atoms with E-state index in [1.54, 1.807) is 16.4 Å². The molecule has 2 aromatic rings. The molecule has 0 radical (unpaired) electrons. The summed E-state index contributed by atoms with van der Waals surface area (Å²) in [5.74, 6) is 0.536. The Balaban J connectivity index is 1.80. The fourth-order valence-corrected chi connectivity index (χ4v) is 4.99. The number of sulfonamides is 1. The van der Waals surface area contributed by atoms with Crippen LogP contribution in [-0.4, -0.2) is 59.4 Å². The van der Waals surface area contributed by atoms with Gasteiger partial charge in [0, 0.05) is 19.1 Å². The lowest BCUT2D eigenvalue weighted by atomic mass is 10.1. The van der Waals surface area contributed by atoms with Gasteiger partial charge in [-0.1, -0.05) is 6.07 Å². The van der Waals surface area contributed by atoms with Crippen LogP contribution in [0, 0.1) is 4.77 Å². The molecule has 1 amide bonds. The zero-order valence-corrected chi connectivity index (χ0v) is 17.0. The van der Waals surface area contributed by atoms with Crippen molar-refractivity contribution < 1.29 is 13.2 Å². The molecule has 8 nitrogen and oxygen atoms in total. The molecule has 11 heteroatoms. The molecule has 26 heavy (non-hydrogen) atoms. The van der Waals surface area contributed by atoms with Crippen LogP contribution in [-0.2, 0) is 14.8 Å². The highest BCUT2D eigenvalue weighted by atomic mass is 32.2. The smallest absolute Gasteiger partial charge is 0.245 e.